The van der Waals surface area contributed by atoms with Crippen LogP contribution in [-0.2, 0) is 11.0 Å². The van der Waals surface area contributed by atoms with Crippen molar-refractivity contribution in [2.75, 3.05) is 13.1 Å². The lowest BCUT2D eigenvalue weighted by molar-refractivity contribution is -0.137. The van der Waals surface area contributed by atoms with Crippen LogP contribution < -0.4 is 10.6 Å². The summed E-state index contributed by atoms with van der Waals surface area (Å²) in [6, 6.07) is 3.26. The van der Waals surface area contributed by atoms with Gasteiger partial charge in [0.05, 0.1) is 12.1 Å². The Bertz CT molecular complexity index is 708. The molecule has 0 bridgehead atoms. The van der Waals surface area contributed by atoms with Crippen LogP contribution in [0.1, 0.15) is 29.3 Å². The van der Waals surface area contributed by atoms with Crippen molar-refractivity contribution in [3.8, 4) is 0 Å². The average molecular weight is 373 g/mol. The van der Waals surface area contributed by atoms with E-state index in [-0.39, 0.29) is 24.2 Å². The van der Waals surface area contributed by atoms with Crippen LogP contribution >= 0.6 is 0 Å². The minimum absolute atomic E-state index is 0.143. The zero-order chi connectivity index (χ0) is 19.5. The number of carbonyl (C=O) groups is 3. The molecule has 1 aliphatic rings. The zero-order valence-corrected chi connectivity index (χ0v) is 13.8. The van der Waals surface area contributed by atoms with Crippen LogP contribution in [0.5, 0.6) is 0 Å². The second-order valence-electron chi connectivity index (χ2n) is 6.05. The molecule has 0 radical (unpaired) electrons. The molecule has 1 aromatic rings. The van der Waals surface area contributed by atoms with Crippen molar-refractivity contribution >= 4 is 17.9 Å². The fourth-order valence-corrected chi connectivity index (χ4v) is 2.78. The molecule has 0 aliphatic carbocycles. The van der Waals surface area contributed by atoms with Gasteiger partial charge in [0.25, 0.3) is 5.91 Å². The van der Waals surface area contributed by atoms with Gasteiger partial charge in [-0.15, -0.1) is 0 Å². The van der Waals surface area contributed by atoms with Gasteiger partial charge in [0.15, 0.2) is 0 Å². The van der Waals surface area contributed by atoms with Crippen LogP contribution in [0.2, 0.25) is 0 Å². The second kappa shape index (κ2) is 7.63. The minimum atomic E-state index is -4.57. The van der Waals surface area contributed by atoms with E-state index < -0.39 is 36.2 Å². The van der Waals surface area contributed by atoms with E-state index in [9.17, 15) is 27.6 Å². The molecule has 142 valence electrons. The molecule has 10 heteroatoms. The summed E-state index contributed by atoms with van der Waals surface area (Å²) >= 11 is 0. The maximum Gasteiger partial charge on any atom is 0.416 e. The Labute approximate surface area is 147 Å². The van der Waals surface area contributed by atoms with Crippen molar-refractivity contribution in [3.63, 3.8) is 0 Å². The first-order chi connectivity index (χ1) is 12.1. The fourth-order valence-electron chi connectivity index (χ4n) is 2.78. The molecule has 1 heterocycles. The number of halogens is 3. The first kappa shape index (κ1) is 19.5. The van der Waals surface area contributed by atoms with Gasteiger partial charge in [0.1, 0.15) is 0 Å². The zero-order valence-electron chi connectivity index (χ0n) is 13.8. The van der Waals surface area contributed by atoms with E-state index in [1.54, 1.807) is 6.92 Å². The normalized spacial score (nSPS) is 19.9. The van der Waals surface area contributed by atoms with E-state index in [1.807, 2.05) is 0 Å². The number of hydrogen-bond acceptors (Lipinski definition) is 3. The van der Waals surface area contributed by atoms with Crippen LogP contribution in [0.4, 0.5) is 18.0 Å². The Morgan fingerprint density at radius 3 is 2.58 bits per heavy atom. The molecule has 0 spiro atoms. The molecule has 7 nitrogen and oxygen atoms in total. The standard InChI is InChI=1S/C16H18F3N3O4/c1-9-5-12(8-22(9)15(25)26)21-13(23)7-20-14(24)10-3-2-4-11(6-10)16(17,18)19/h2-4,6,9,12H,5,7-8H2,1H3,(H,20,24)(H,21,23)(H,25,26)/t9-,12+/m0/s1. The number of rotatable bonds is 4. The molecule has 0 saturated carbocycles. The summed E-state index contributed by atoms with van der Waals surface area (Å²) in [5.41, 5.74) is -1.16. The predicted octanol–water partition coefficient (Wildman–Crippen LogP) is 1.69. The van der Waals surface area contributed by atoms with Gasteiger partial charge in [-0.1, -0.05) is 6.07 Å². The van der Waals surface area contributed by atoms with Gasteiger partial charge in [-0.05, 0) is 31.5 Å². The Kier molecular flexibility index (Phi) is 5.73. The summed E-state index contributed by atoms with van der Waals surface area (Å²) in [4.78, 5) is 36.0. The Morgan fingerprint density at radius 1 is 1.31 bits per heavy atom. The molecule has 26 heavy (non-hydrogen) atoms. The molecule has 2 atom stereocenters. The lowest BCUT2D eigenvalue weighted by Gasteiger charge is -2.16. The number of benzene rings is 1. The molecule has 1 saturated heterocycles. The van der Waals surface area contributed by atoms with E-state index in [4.69, 9.17) is 5.11 Å². The number of nitrogens with one attached hydrogen (secondary N) is 2. The van der Waals surface area contributed by atoms with Gasteiger partial charge >= 0.3 is 12.3 Å². The lowest BCUT2D eigenvalue weighted by Crippen LogP contribution is -2.43. The predicted molar refractivity (Wildman–Crippen MR) is 84.5 cm³/mol. The molecule has 0 aromatic heterocycles. The average Bonchev–Trinajstić information content (AvgIpc) is 2.92. The van der Waals surface area contributed by atoms with Crippen molar-refractivity contribution in [2.45, 2.75) is 31.6 Å². The van der Waals surface area contributed by atoms with Gasteiger partial charge in [-0.25, -0.2) is 4.79 Å². The van der Waals surface area contributed by atoms with E-state index in [1.165, 1.54) is 11.0 Å². The summed E-state index contributed by atoms with van der Waals surface area (Å²) in [5, 5.41) is 13.8. The third kappa shape index (κ3) is 4.87. The highest BCUT2D eigenvalue weighted by Gasteiger charge is 2.33. The molecule has 1 aliphatic heterocycles. The summed E-state index contributed by atoms with van der Waals surface area (Å²) in [6.07, 6.45) is -5.20. The van der Waals surface area contributed by atoms with Crippen molar-refractivity contribution in [1.29, 1.82) is 0 Å². The number of hydrogen-bond donors (Lipinski definition) is 3. The number of amides is 3. The number of carbonyl (C=O) groups excluding carboxylic acids is 2. The summed E-state index contributed by atoms with van der Waals surface area (Å²) in [5.74, 6) is -1.35. The van der Waals surface area contributed by atoms with E-state index in [0.717, 1.165) is 12.1 Å². The number of nitrogens with zero attached hydrogens (tertiary/aromatic N) is 1. The van der Waals surface area contributed by atoms with Crippen LogP contribution in [0.25, 0.3) is 0 Å². The van der Waals surface area contributed by atoms with E-state index >= 15 is 0 Å². The summed E-state index contributed by atoms with van der Waals surface area (Å²) < 4.78 is 38.0. The molecule has 2 rings (SSSR count). The quantitative estimate of drug-likeness (QED) is 0.748. The fraction of sp³-hybridized carbons (Fsp3) is 0.438. The molecule has 3 amide bonds. The monoisotopic (exact) mass is 373 g/mol. The highest BCUT2D eigenvalue weighted by molar-refractivity contribution is 5.96. The number of likely N-dealkylation sites (tertiary alicyclic amines) is 1. The first-order valence-corrected chi connectivity index (χ1v) is 7.82. The third-order valence-electron chi connectivity index (χ3n) is 4.05. The van der Waals surface area contributed by atoms with Gasteiger partial charge in [-0.2, -0.15) is 13.2 Å². The summed E-state index contributed by atoms with van der Waals surface area (Å²) in [7, 11) is 0. The van der Waals surface area contributed by atoms with Gasteiger partial charge in [-0.3, -0.25) is 9.59 Å². The largest absolute Gasteiger partial charge is 0.465 e. The van der Waals surface area contributed by atoms with E-state index in [0.29, 0.717) is 12.5 Å². The molecule has 0 unspecified atom stereocenters. The van der Waals surface area contributed by atoms with Crippen LogP contribution in [-0.4, -0.2) is 53.1 Å². The Hall–Kier alpha value is -2.78. The molecule has 3 N–H and O–H groups in total. The van der Waals surface area contributed by atoms with Crippen molar-refractivity contribution in [2.24, 2.45) is 0 Å². The molecule has 1 fully saturated rings. The van der Waals surface area contributed by atoms with Crippen LogP contribution in [0.3, 0.4) is 0 Å². The third-order valence-corrected chi connectivity index (χ3v) is 4.05. The molecular formula is C16H18F3N3O4. The van der Waals surface area contributed by atoms with Crippen LogP contribution in [0, 0.1) is 0 Å². The second-order valence-corrected chi connectivity index (χ2v) is 6.05. The smallest absolute Gasteiger partial charge is 0.416 e. The molecule has 1 aromatic carbocycles. The maximum absolute atomic E-state index is 12.7. The van der Waals surface area contributed by atoms with Crippen molar-refractivity contribution in [1.82, 2.24) is 15.5 Å². The topological polar surface area (TPSA) is 98.7 Å². The van der Waals surface area contributed by atoms with Gasteiger partial charge in [0.2, 0.25) is 5.91 Å². The Balaban J connectivity index is 1.86. The van der Waals surface area contributed by atoms with Gasteiger partial charge in [0, 0.05) is 24.2 Å². The molecular weight excluding hydrogens is 355 g/mol. The highest BCUT2D eigenvalue weighted by Crippen LogP contribution is 2.29. The van der Waals surface area contributed by atoms with Crippen molar-refractivity contribution in [3.05, 3.63) is 35.4 Å². The maximum atomic E-state index is 12.7. The highest BCUT2D eigenvalue weighted by atomic mass is 19.4. The van der Waals surface area contributed by atoms with Gasteiger partial charge < -0.3 is 20.6 Å². The van der Waals surface area contributed by atoms with Crippen molar-refractivity contribution < 1.29 is 32.7 Å². The van der Waals surface area contributed by atoms with E-state index in [2.05, 4.69) is 10.6 Å². The number of carboxylic acid groups (broad SMARTS) is 1. The first-order valence-electron chi connectivity index (χ1n) is 7.82. The van der Waals surface area contributed by atoms with Crippen LogP contribution in [0.15, 0.2) is 24.3 Å². The Morgan fingerprint density at radius 2 is 2.00 bits per heavy atom. The number of alkyl halides is 3. The lowest BCUT2D eigenvalue weighted by atomic mass is 10.1. The SMILES string of the molecule is C[C@H]1C[C@@H](NC(=O)CNC(=O)c2cccc(C(F)(F)F)c2)CN1C(=O)O. The minimum Gasteiger partial charge on any atom is -0.465 e. The summed E-state index contributed by atoms with van der Waals surface area (Å²) in [6.45, 7) is 1.44.